The van der Waals surface area contributed by atoms with Gasteiger partial charge in [-0.25, -0.2) is 18.3 Å². The number of aromatic nitrogens is 3. The molecule has 0 saturated heterocycles. The summed E-state index contributed by atoms with van der Waals surface area (Å²) in [6.07, 6.45) is -7.08. The fraction of sp³-hybridized carbons (Fsp3) is 0.273. The second kappa shape index (κ2) is 14.5. The van der Waals surface area contributed by atoms with Gasteiger partial charge in [0.05, 0.1) is 32.1 Å². The molecule has 4 N–H and O–H groups in total. The molecule has 0 aliphatic carbocycles. The van der Waals surface area contributed by atoms with Crippen molar-refractivity contribution in [3.05, 3.63) is 132 Å². The number of ether oxygens (including phenoxy) is 3. The maximum atomic E-state index is 15.3. The molecule has 0 unspecified atom stereocenters. The summed E-state index contributed by atoms with van der Waals surface area (Å²) in [6, 6.07) is 30.0. The minimum Gasteiger partial charge on any atom is -0.388 e. The third-order valence-electron chi connectivity index (χ3n) is 7.29. The van der Waals surface area contributed by atoms with Crippen LogP contribution < -0.4 is 5.73 Å². The second-order valence-corrected chi connectivity index (χ2v) is 10.3. The highest BCUT2D eigenvalue weighted by Gasteiger charge is 2.55. The standard InChI is InChI=1S/C33H34F2N4O5/c34-32(35)33(41,28-17-16-26-31(36)37-22-38-39(26)28)30(44-20-25-14-8-3-9-15-25)29(43-19-24-12-6-2-7-13-24)27(40)21-42-18-23-10-4-1-5-11-23/h1-17,22,27,29-30,32,40-41H,18-21H2,(H2,36,37,38)/t27-,29+,30+,33+/m1/s1. The predicted octanol–water partition coefficient (Wildman–Crippen LogP) is 4.51. The van der Waals surface area contributed by atoms with Crippen molar-refractivity contribution in [2.24, 2.45) is 0 Å². The van der Waals surface area contributed by atoms with E-state index in [0.717, 1.165) is 22.0 Å². The van der Waals surface area contributed by atoms with E-state index in [1.165, 1.54) is 12.1 Å². The summed E-state index contributed by atoms with van der Waals surface area (Å²) in [4.78, 5) is 3.92. The van der Waals surface area contributed by atoms with E-state index in [-0.39, 0.29) is 43.5 Å². The van der Waals surface area contributed by atoms with E-state index in [0.29, 0.717) is 5.56 Å². The van der Waals surface area contributed by atoms with Gasteiger partial charge in [0, 0.05) is 0 Å². The van der Waals surface area contributed by atoms with Crippen LogP contribution in [0.5, 0.6) is 0 Å². The topological polar surface area (TPSA) is 124 Å². The average Bonchev–Trinajstić information content (AvgIpc) is 3.50. The number of aliphatic hydroxyl groups is 2. The average molecular weight is 605 g/mol. The minimum atomic E-state index is -3.40. The third-order valence-corrected chi connectivity index (χ3v) is 7.29. The maximum Gasteiger partial charge on any atom is 0.275 e. The molecule has 0 spiro atoms. The molecule has 5 rings (SSSR count). The third kappa shape index (κ3) is 7.09. The Hall–Kier alpha value is -4.26. The molecule has 3 aromatic carbocycles. The van der Waals surface area contributed by atoms with E-state index in [2.05, 4.69) is 10.1 Å². The smallest absolute Gasteiger partial charge is 0.275 e. The number of hydrogen-bond donors (Lipinski definition) is 3. The van der Waals surface area contributed by atoms with E-state index in [9.17, 15) is 10.2 Å². The van der Waals surface area contributed by atoms with Crippen LogP contribution >= 0.6 is 0 Å². The molecule has 2 aromatic heterocycles. The zero-order valence-electron chi connectivity index (χ0n) is 23.8. The van der Waals surface area contributed by atoms with Crippen molar-refractivity contribution in [1.82, 2.24) is 14.6 Å². The SMILES string of the molecule is Nc1ncnn2c([C@@](O)(C(F)F)[C@@H](OCc3ccccc3)[C@@H](OCc3ccccc3)[C@H](O)COCc3ccccc3)ccc12. The number of hydrogen-bond acceptors (Lipinski definition) is 8. The van der Waals surface area contributed by atoms with Crippen LogP contribution in [0.15, 0.2) is 109 Å². The van der Waals surface area contributed by atoms with Crippen molar-refractivity contribution < 1.29 is 33.2 Å². The molecular formula is C33H34F2N4O5. The number of nitrogens with two attached hydrogens (primary N) is 1. The zero-order chi connectivity index (χ0) is 30.9. The Labute approximate surface area is 253 Å². The number of nitrogens with zero attached hydrogens (tertiary/aromatic N) is 3. The van der Waals surface area contributed by atoms with Crippen molar-refractivity contribution in [2.45, 2.75) is 50.2 Å². The summed E-state index contributed by atoms with van der Waals surface area (Å²) in [5, 5.41) is 27.6. The van der Waals surface area contributed by atoms with Crippen LogP contribution in [0, 0.1) is 0 Å². The van der Waals surface area contributed by atoms with Crippen LogP contribution in [0.1, 0.15) is 22.4 Å². The monoisotopic (exact) mass is 604 g/mol. The fourth-order valence-corrected chi connectivity index (χ4v) is 5.00. The molecule has 0 aliphatic rings. The quantitative estimate of drug-likeness (QED) is 0.160. The van der Waals surface area contributed by atoms with E-state index in [4.69, 9.17) is 19.9 Å². The van der Waals surface area contributed by atoms with Crippen LogP contribution in [0.3, 0.4) is 0 Å². The summed E-state index contributed by atoms with van der Waals surface area (Å²) in [6.45, 7) is -0.347. The molecule has 11 heteroatoms. The van der Waals surface area contributed by atoms with Gasteiger partial charge in [0.15, 0.2) is 11.4 Å². The summed E-state index contributed by atoms with van der Waals surface area (Å²) in [5.41, 5.74) is 5.11. The Kier molecular flexibility index (Phi) is 10.3. The molecule has 230 valence electrons. The minimum absolute atomic E-state index is 0.0378. The molecule has 0 radical (unpaired) electrons. The zero-order valence-corrected chi connectivity index (χ0v) is 23.8. The molecule has 2 heterocycles. The lowest BCUT2D eigenvalue weighted by Gasteiger charge is -2.41. The van der Waals surface area contributed by atoms with E-state index < -0.39 is 30.3 Å². The van der Waals surface area contributed by atoms with Gasteiger partial charge < -0.3 is 30.2 Å². The lowest BCUT2D eigenvalue weighted by molar-refractivity contribution is -0.247. The van der Waals surface area contributed by atoms with Gasteiger partial charge in [-0.1, -0.05) is 91.0 Å². The van der Waals surface area contributed by atoms with Crippen LogP contribution in [0.2, 0.25) is 0 Å². The number of fused-ring (bicyclic) bond motifs is 1. The van der Waals surface area contributed by atoms with E-state index in [1.54, 1.807) is 36.4 Å². The van der Waals surface area contributed by atoms with Crippen LogP contribution in [0.25, 0.3) is 5.52 Å². The molecule has 0 aliphatic heterocycles. The van der Waals surface area contributed by atoms with E-state index in [1.807, 2.05) is 54.6 Å². The Morgan fingerprint density at radius 3 is 1.89 bits per heavy atom. The number of halogens is 2. The molecule has 5 aromatic rings. The number of alkyl halides is 2. The summed E-state index contributed by atoms with van der Waals surface area (Å²) < 4.78 is 49.8. The Bertz CT molecular complexity index is 1590. The molecule has 9 nitrogen and oxygen atoms in total. The van der Waals surface area contributed by atoms with Gasteiger partial charge in [-0.3, -0.25) is 0 Å². The molecule has 44 heavy (non-hydrogen) atoms. The van der Waals surface area contributed by atoms with Gasteiger partial charge in [0.2, 0.25) is 0 Å². The van der Waals surface area contributed by atoms with Crippen molar-refractivity contribution in [2.75, 3.05) is 12.3 Å². The molecule has 0 amide bonds. The van der Waals surface area contributed by atoms with Crippen molar-refractivity contribution in [1.29, 1.82) is 0 Å². The summed E-state index contributed by atoms with van der Waals surface area (Å²) >= 11 is 0. The number of benzene rings is 3. The lowest BCUT2D eigenvalue weighted by Crippen LogP contribution is -2.58. The fourth-order valence-electron chi connectivity index (χ4n) is 5.00. The maximum absolute atomic E-state index is 15.3. The van der Waals surface area contributed by atoms with Gasteiger partial charge >= 0.3 is 0 Å². The molecular weight excluding hydrogens is 570 g/mol. The van der Waals surface area contributed by atoms with Crippen LogP contribution in [-0.4, -0.2) is 56.2 Å². The van der Waals surface area contributed by atoms with Crippen LogP contribution in [-0.2, 0) is 39.6 Å². The molecule has 0 bridgehead atoms. The molecule has 4 atom stereocenters. The number of nitrogen functional groups attached to an aromatic ring is 1. The normalized spacial score (nSPS) is 15.2. The van der Waals surface area contributed by atoms with Gasteiger partial charge in [0.1, 0.15) is 30.2 Å². The first-order valence-corrected chi connectivity index (χ1v) is 14.1. The van der Waals surface area contributed by atoms with Crippen LogP contribution in [0.4, 0.5) is 14.6 Å². The van der Waals surface area contributed by atoms with Crippen molar-refractivity contribution in [3.63, 3.8) is 0 Å². The van der Waals surface area contributed by atoms with Gasteiger partial charge in [0.25, 0.3) is 6.43 Å². The number of rotatable bonds is 15. The van der Waals surface area contributed by atoms with Crippen molar-refractivity contribution >= 4 is 11.3 Å². The number of anilines is 1. The van der Waals surface area contributed by atoms with Gasteiger partial charge in [-0.05, 0) is 28.8 Å². The Morgan fingerprint density at radius 1 is 0.773 bits per heavy atom. The van der Waals surface area contributed by atoms with Gasteiger partial charge in [-0.15, -0.1) is 0 Å². The molecule has 0 fully saturated rings. The first kappa shape index (κ1) is 31.2. The second-order valence-electron chi connectivity index (χ2n) is 10.3. The highest BCUT2D eigenvalue weighted by Crippen LogP contribution is 2.39. The Balaban J connectivity index is 1.53. The first-order chi connectivity index (χ1) is 21.4. The summed E-state index contributed by atoms with van der Waals surface area (Å²) in [5.74, 6) is 0.0378. The number of aliphatic hydroxyl groups excluding tert-OH is 1. The highest BCUT2D eigenvalue weighted by atomic mass is 19.3. The highest BCUT2D eigenvalue weighted by molar-refractivity contribution is 5.65. The largest absolute Gasteiger partial charge is 0.388 e. The van der Waals surface area contributed by atoms with Gasteiger partial charge in [-0.2, -0.15) is 5.10 Å². The predicted molar refractivity (Wildman–Crippen MR) is 159 cm³/mol. The Morgan fingerprint density at radius 2 is 1.32 bits per heavy atom. The van der Waals surface area contributed by atoms with Crippen molar-refractivity contribution in [3.8, 4) is 0 Å². The molecule has 0 saturated carbocycles. The summed E-state index contributed by atoms with van der Waals surface area (Å²) in [7, 11) is 0. The first-order valence-electron chi connectivity index (χ1n) is 14.1. The lowest BCUT2D eigenvalue weighted by atomic mass is 9.87. The van der Waals surface area contributed by atoms with E-state index >= 15 is 8.78 Å².